The highest BCUT2D eigenvalue weighted by molar-refractivity contribution is 5.66. The zero-order valence-corrected chi connectivity index (χ0v) is 8.59. The van der Waals surface area contributed by atoms with E-state index >= 15 is 0 Å². The zero-order chi connectivity index (χ0) is 9.56. The van der Waals surface area contributed by atoms with Gasteiger partial charge in [-0.25, -0.2) is 0 Å². The first-order chi connectivity index (χ1) is 5.57. The summed E-state index contributed by atoms with van der Waals surface area (Å²) in [7, 11) is 0. The third-order valence-corrected chi connectivity index (χ3v) is 2.17. The molecule has 0 rings (SSSR count). The van der Waals surface area contributed by atoms with Crippen LogP contribution in [-0.4, -0.2) is 12.1 Å². The van der Waals surface area contributed by atoms with Gasteiger partial charge in [-0.15, -0.1) is 0 Å². The summed E-state index contributed by atoms with van der Waals surface area (Å²) in [5.74, 6) is 0.305. The Morgan fingerprint density at radius 3 is 2.42 bits per heavy atom. The predicted molar refractivity (Wildman–Crippen MR) is 49.9 cm³/mol. The predicted octanol–water partition coefficient (Wildman–Crippen LogP) is 2.76. The average molecular weight is 172 g/mol. The van der Waals surface area contributed by atoms with E-state index in [0.29, 0.717) is 5.92 Å². The fourth-order valence-electron chi connectivity index (χ4n) is 1.14. The smallest absolute Gasteiger partial charge is 0.302 e. The maximum absolute atomic E-state index is 10.6. The van der Waals surface area contributed by atoms with Gasteiger partial charge >= 0.3 is 5.97 Å². The minimum absolute atomic E-state index is 0.0639. The Bertz CT molecular complexity index is 132. The molecule has 0 aliphatic rings. The van der Waals surface area contributed by atoms with E-state index in [0.717, 1.165) is 6.42 Å². The number of esters is 1. The molecule has 0 aromatic carbocycles. The lowest BCUT2D eigenvalue weighted by Gasteiger charge is -2.19. The molecule has 0 spiro atoms. The molecular formula is C10H20O2. The van der Waals surface area contributed by atoms with Crippen molar-refractivity contribution in [1.82, 2.24) is 0 Å². The SMILES string of the molecule is CCCCC(C)C(C)OC(C)=O. The Labute approximate surface area is 75.3 Å². The molecule has 0 bridgehead atoms. The molecule has 0 saturated carbocycles. The molecule has 72 valence electrons. The monoisotopic (exact) mass is 172 g/mol. The van der Waals surface area contributed by atoms with Gasteiger partial charge in [-0.1, -0.05) is 26.7 Å². The van der Waals surface area contributed by atoms with Crippen molar-refractivity contribution in [2.24, 2.45) is 5.92 Å². The molecule has 0 N–H and O–H groups in total. The van der Waals surface area contributed by atoms with Gasteiger partial charge in [-0.3, -0.25) is 4.79 Å². The van der Waals surface area contributed by atoms with Gasteiger partial charge < -0.3 is 4.74 Å². The van der Waals surface area contributed by atoms with E-state index in [9.17, 15) is 4.79 Å². The first kappa shape index (κ1) is 11.5. The van der Waals surface area contributed by atoms with Gasteiger partial charge in [0.2, 0.25) is 0 Å². The Morgan fingerprint density at radius 2 is 2.00 bits per heavy atom. The van der Waals surface area contributed by atoms with Crippen molar-refractivity contribution >= 4 is 5.97 Å². The summed E-state index contributed by atoms with van der Waals surface area (Å²) in [6.45, 7) is 7.72. The molecule has 0 saturated heterocycles. The van der Waals surface area contributed by atoms with Crippen molar-refractivity contribution in [2.45, 2.75) is 53.1 Å². The van der Waals surface area contributed by atoms with E-state index in [-0.39, 0.29) is 12.1 Å². The second kappa shape index (κ2) is 6.04. The van der Waals surface area contributed by atoms with Crippen LogP contribution in [0.25, 0.3) is 0 Å². The van der Waals surface area contributed by atoms with Crippen LogP contribution in [0.4, 0.5) is 0 Å². The molecule has 0 radical (unpaired) electrons. The van der Waals surface area contributed by atoms with Crippen LogP contribution >= 0.6 is 0 Å². The lowest BCUT2D eigenvalue weighted by atomic mass is 9.99. The maximum atomic E-state index is 10.6. The lowest BCUT2D eigenvalue weighted by Crippen LogP contribution is -2.20. The van der Waals surface area contributed by atoms with Crippen molar-refractivity contribution in [3.63, 3.8) is 0 Å². The van der Waals surface area contributed by atoms with E-state index in [2.05, 4.69) is 13.8 Å². The summed E-state index contributed by atoms with van der Waals surface area (Å²) in [6.07, 6.45) is 3.63. The molecule has 0 amide bonds. The number of unbranched alkanes of at least 4 members (excludes halogenated alkanes) is 1. The normalized spacial score (nSPS) is 15.3. The van der Waals surface area contributed by atoms with Crippen LogP contribution in [0.1, 0.15) is 47.0 Å². The molecule has 0 aromatic heterocycles. The van der Waals surface area contributed by atoms with Gasteiger partial charge in [0, 0.05) is 6.92 Å². The molecule has 2 unspecified atom stereocenters. The molecule has 0 aliphatic carbocycles. The van der Waals surface area contributed by atoms with E-state index in [1.54, 1.807) is 0 Å². The molecule has 0 aromatic rings. The van der Waals surface area contributed by atoms with E-state index < -0.39 is 0 Å². The molecule has 2 heteroatoms. The summed E-state index contributed by atoms with van der Waals surface area (Å²) in [5.41, 5.74) is 0. The van der Waals surface area contributed by atoms with Crippen molar-refractivity contribution in [1.29, 1.82) is 0 Å². The molecule has 2 nitrogen and oxygen atoms in total. The fourth-order valence-corrected chi connectivity index (χ4v) is 1.14. The van der Waals surface area contributed by atoms with Gasteiger partial charge in [-0.05, 0) is 19.3 Å². The average Bonchev–Trinajstić information content (AvgIpc) is 1.98. The third-order valence-electron chi connectivity index (χ3n) is 2.17. The van der Waals surface area contributed by atoms with Crippen molar-refractivity contribution in [2.75, 3.05) is 0 Å². The quantitative estimate of drug-likeness (QED) is 0.596. The highest BCUT2D eigenvalue weighted by Crippen LogP contribution is 2.14. The van der Waals surface area contributed by atoms with Crippen molar-refractivity contribution in [3.05, 3.63) is 0 Å². The molecule has 0 fully saturated rings. The van der Waals surface area contributed by atoms with Crippen molar-refractivity contribution < 1.29 is 9.53 Å². The number of rotatable bonds is 5. The highest BCUT2D eigenvalue weighted by Gasteiger charge is 2.13. The maximum Gasteiger partial charge on any atom is 0.302 e. The zero-order valence-electron chi connectivity index (χ0n) is 8.59. The van der Waals surface area contributed by atoms with Crippen LogP contribution in [0.3, 0.4) is 0 Å². The van der Waals surface area contributed by atoms with Crippen LogP contribution < -0.4 is 0 Å². The Morgan fingerprint density at radius 1 is 1.42 bits per heavy atom. The Hall–Kier alpha value is -0.530. The lowest BCUT2D eigenvalue weighted by molar-refractivity contribution is -0.147. The number of hydrogen-bond donors (Lipinski definition) is 0. The van der Waals surface area contributed by atoms with Crippen LogP contribution in [0.15, 0.2) is 0 Å². The van der Waals surface area contributed by atoms with Crippen LogP contribution in [0.2, 0.25) is 0 Å². The molecule has 0 aliphatic heterocycles. The van der Waals surface area contributed by atoms with E-state index in [4.69, 9.17) is 4.74 Å². The van der Waals surface area contributed by atoms with Gasteiger partial charge in [0.1, 0.15) is 6.10 Å². The number of hydrogen-bond acceptors (Lipinski definition) is 2. The second-order valence-corrected chi connectivity index (χ2v) is 3.43. The summed E-state index contributed by atoms with van der Waals surface area (Å²) < 4.78 is 5.07. The van der Waals surface area contributed by atoms with Crippen LogP contribution in [-0.2, 0) is 9.53 Å². The van der Waals surface area contributed by atoms with E-state index in [1.165, 1.54) is 19.8 Å². The van der Waals surface area contributed by atoms with Gasteiger partial charge in [0.05, 0.1) is 0 Å². The largest absolute Gasteiger partial charge is 0.463 e. The standard InChI is InChI=1S/C10H20O2/c1-5-6-7-8(2)9(3)12-10(4)11/h8-9H,5-7H2,1-4H3. The van der Waals surface area contributed by atoms with Gasteiger partial charge in [0.15, 0.2) is 0 Å². The summed E-state index contributed by atoms with van der Waals surface area (Å²) in [5, 5.41) is 0. The fraction of sp³-hybridized carbons (Fsp3) is 0.900. The topological polar surface area (TPSA) is 26.3 Å². The van der Waals surface area contributed by atoms with Crippen molar-refractivity contribution in [3.8, 4) is 0 Å². The van der Waals surface area contributed by atoms with Gasteiger partial charge in [-0.2, -0.15) is 0 Å². The minimum Gasteiger partial charge on any atom is -0.463 e. The first-order valence-electron chi connectivity index (χ1n) is 4.75. The highest BCUT2D eigenvalue weighted by atomic mass is 16.5. The molecule has 12 heavy (non-hydrogen) atoms. The molecular weight excluding hydrogens is 152 g/mol. The second-order valence-electron chi connectivity index (χ2n) is 3.43. The minimum atomic E-state index is -0.175. The number of ether oxygens (including phenoxy) is 1. The van der Waals surface area contributed by atoms with Crippen LogP contribution in [0.5, 0.6) is 0 Å². The summed E-state index contributed by atoms with van der Waals surface area (Å²) in [4.78, 5) is 10.6. The first-order valence-corrected chi connectivity index (χ1v) is 4.75. The number of carbonyl (C=O) groups excluding carboxylic acids is 1. The molecule has 2 atom stereocenters. The molecule has 0 heterocycles. The summed E-state index contributed by atoms with van der Waals surface area (Å²) >= 11 is 0. The number of carbonyl (C=O) groups is 1. The summed E-state index contributed by atoms with van der Waals surface area (Å²) in [6, 6.07) is 0. The Kier molecular flexibility index (Phi) is 5.77. The van der Waals surface area contributed by atoms with Gasteiger partial charge in [0.25, 0.3) is 0 Å². The third kappa shape index (κ3) is 5.16. The van der Waals surface area contributed by atoms with Crippen LogP contribution in [0, 0.1) is 5.92 Å². The Balaban J connectivity index is 3.60. The van der Waals surface area contributed by atoms with E-state index in [1.807, 2.05) is 6.92 Å².